The quantitative estimate of drug-likeness (QED) is 0.862. The Kier molecular flexibility index (Phi) is 4.76. The summed E-state index contributed by atoms with van der Waals surface area (Å²) in [4.78, 5) is 18.1. The average molecular weight is 335 g/mol. The molecule has 1 amide bonds. The summed E-state index contributed by atoms with van der Waals surface area (Å²) in [6, 6.07) is 7.80. The second-order valence-corrected chi connectivity index (χ2v) is 5.82. The Morgan fingerprint density at radius 1 is 1.30 bits per heavy atom. The summed E-state index contributed by atoms with van der Waals surface area (Å²) in [6.07, 6.45) is 4.83. The third kappa shape index (κ3) is 3.62. The molecule has 120 valence electrons. The SMILES string of the molecule is O=C(c1c(F)cccc1Cl)N1CCCC(Oc2ccncc2)C1. The number of aromatic nitrogens is 1. The van der Waals surface area contributed by atoms with E-state index in [0.717, 1.165) is 12.8 Å². The van der Waals surface area contributed by atoms with Gasteiger partial charge in [-0.1, -0.05) is 17.7 Å². The van der Waals surface area contributed by atoms with Crippen LogP contribution in [-0.2, 0) is 0 Å². The number of halogens is 2. The van der Waals surface area contributed by atoms with Crippen molar-refractivity contribution >= 4 is 17.5 Å². The van der Waals surface area contributed by atoms with Gasteiger partial charge in [0.1, 0.15) is 17.7 Å². The van der Waals surface area contributed by atoms with Crippen molar-refractivity contribution in [3.8, 4) is 5.75 Å². The maximum Gasteiger partial charge on any atom is 0.258 e. The summed E-state index contributed by atoms with van der Waals surface area (Å²) in [5.74, 6) is -0.279. The van der Waals surface area contributed by atoms with Crippen molar-refractivity contribution in [3.63, 3.8) is 0 Å². The highest BCUT2D eigenvalue weighted by molar-refractivity contribution is 6.33. The number of pyridine rings is 1. The lowest BCUT2D eigenvalue weighted by Gasteiger charge is -2.33. The van der Waals surface area contributed by atoms with E-state index in [0.29, 0.717) is 18.8 Å². The molecule has 1 saturated heterocycles. The number of hydrogen-bond donors (Lipinski definition) is 0. The minimum atomic E-state index is -0.598. The zero-order valence-electron chi connectivity index (χ0n) is 12.4. The lowest BCUT2D eigenvalue weighted by atomic mass is 10.1. The Bertz CT molecular complexity index is 676. The van der Waals surface area contributed by atoms with Crippen LogP contribution in [0.3, 0.4) is 0 Å². The van der Waals surface area contributed by atoms with Gasteiger partial charge in [-0.25, -0.2) is 4.39 Å². The fourth-order valence-corrected chi connectivity index (χ4v) is 2.93. The first-order valence-electron chi connectivity index (χ1n) is 7.45. The first-order valence-corrected chi connectivity index (χ1v) is 7.83. The van der Waals surface area contributed by atoms with Crippen LogP contribution in [0.1, 0.15) is 23.2 Å². The van der Waals surface area contributed by atoms with Crippen LogP contribution in [0.25, 0.3) is 0 Å². The number of hydrogen-bond acceptors (Lipinski definition) is 3. The van der Waals surface area contributed by atoms with Crippen molar-refractivity contribution in [2.24, 2.45) is 0 Å². The summed E-state index contributed by atoms with van der Waals surface area (Å²) in [5.41, 5.74) is -0.0706. The van der Waals surface area contributed by atoms with E-state index < -0.39 is 11.7 Å². The van der Waals surface area contributed by atoms with Crippen molar-refractivity contribution in [2.75, 3.05) is 13.1 Å². The minimum absolute atomic E-state index is 0.0706. The lowest BCUT2D eigenvalue weighted by molar-refractivity contribution is 0.0533. The Balaban J connectivity index is 1.72. The number of rotatable bonds is 3. The standard InChI is InChI=1S/C17H16ClFN2O2/c18-14-4-1-5-15(19)16(14)17(22)21-10-2-3-13(11-21)23-12-6-8-20-9-7-12/h1,4-9,13H,2-3,10-11H2. The Morgan fingerprint density at radius 3 is 2.83 bits per heavy atom. The van der Waals surface area contributed by atoms with Gasteiger partial charge in [-0.3, -0.25) is 9.78 Å². The molecule has 0 radical (unpaired) electrons. The predicted molar refractivity (Wildman–Crippen MR) is 85.2 cm³/mol. The van der Waals surface area contributed by atoms with Crippen molar-refractivity contribution in [1.29, 1.82) is 0 Å². The number of ether oxygens (including phenoxy) is 1. The summed E-state index contributed by atoms with van der Waals surface area (Å²) in [7, 11) is 0. The topological polar surface area (TPSA) is 42.4 Å². The fraction of sp³-hybridized carbons (Fsp3) is 0.294. The molecule has 1 unspecified atom stereocenters. The van der Waals surface area contributed by atoms with Crippen LogP contribution in [0.5, 0.6) is 5.75 Å². The highest BCUT2D eigenvalue weighted by atomic mass is 35.5. The van der Waals surface area contributed by atoms with E-state index >= 15 is 0 Å². The van der Waals surface area contributed by atoms with Crippen molar-refractivity contribution in [1.82, 2.24) is 9.88 Å². The molecular formula is C17H16ClFN2O2. The van der Waals surface area contributed by atoms with E-state index in [2.05, 4.69) is 4.98 Å². The molecule has 0 N–H and O–H groups in total. The number of carbonyl (C=O) groups is 1. The summed E-state index contributed by atoms with van der Waals surface area (Å²) >= 11 is 5.98. The van der Waals surface area contributed by atoms with Crippen LogP contribution >= 0.6 is 11.6 Å². The minimum Gasteiger partial charge on any atom is -0.488 e. The number of nitrogens with zero attached hydrogens (tertiary/aromatic N) is 2. The highest BCUT2D eigenvalue weighted by Gasteiger charge is 2.28. The predicted octanol–water partition coefficient (Wildman–Crippen LogP) is 3.56. The first kappa shape index (κ1) is 15.7. The molecule has 0 bridgehead atoms. The summed E-state index contributed by atoms with van der Waals surface area (Å²) in [5, 5.41) is 0.132. The second-order valence-electron chi connectivity index (χ2n) is 5.41. The molecule has 1 fully saturated rings. The van der Waals surface area contributed by atoms with Crippen LogP contribution in [0.4, 0.5) is 4.39 Å². The molecule has 6 heteroatoms. The van der Waals surface area contributed by atoms with Crippen LogP contribution < -0.4 is 4.74 Å². The van der Waals surface area contributed by atoms with Crippen molar-refractivity contribution in [3.05, 3.63) is 59.1 Å². The first-order chi connectivity index (χ1) is 11.1. The summed E-state index contributed by atoms with van der Waals surface area (Å²) in [6.45, 7) is 0.978. The summed E-state index contributed by atoms with van der Waals surface area (Å²) < 4.78 is 19.8. The van der Waals surface area contributed by atoms with Crippen molar-refractivity contribution < 1.29 is 13.9 Å². The van der Waals surface area contributed by atoms with Gasteiger partial charge in [0.05, 0.1) is 17.1 Å². The molecule has 0 spiro atoms. The van der Waals surface area contributed by atoms with Gasteiger partial charge in [-0.05, 0) is 37.1 Å². The largest absolute Gasteiger partial charge is 0.488 e. The van der Waals surface area contributed by atoms with E-state index in [4.69, 9.17) is 16.3 Å². The lowest BCUT2D eigenvalue weighted by Crippen LogP contribution is -2.44. The Morgan fingerprint density at radius 2 is 2.09 bits per heavy atom. The van der Waals surface area contributed by atoms with E-state index in [1.54, 1.807) is 29.4 Å². The third-order valence-electron chi connectivity index (χ3n) is 3.79. The van der Waals surface area contributed by atoms with E-state index in [1.807, 2.05) is 0 Å². The van der Waals surface area contributed by atoms with Gasteiger partial charge in [0, 0.05) is 18.9 Å². The molecule has 1 aromatic heterocycles. The Labute approximate surface area is 138 Å². The molecule has 1 aliphatic heterocycles. The molecule has 2 heterocycles. The van der Waals surface area contributed by atoms with Gasteiger partial charge in [0.25, 0.3) is 5.91 Å². The maximum atomic E-state index is 13.9. The van der Waals surface area contributed by atoms with Crippen LogP contribution in [-0.4, -0.2) is 35.0 Å². The van der Waals surface area contributed by atoms with Gasteiger partial charge in [-0.15, -0.1) is 0 Å². The van der Waals surface area contributed by atoms with Gasteiger partial charge >= 0.3 is 0 Å². The number of likely N-dealkylation sites (tertiary alicyclic amines) is 1. The van der Waals surface area contributed by atoms with Crippen LogP contribution in [0, 0.1) is 5.82 Å². The fourth-order valence-electron chi connectivity index (χ4n) is 2.69. The molecule has 1 aromatic carbocycles. The molecular weight excluding hydrogens is 319 g/mol. The van der Waals surface area contributed by atoms with E-state index in [9.17, 15) is 9.18 Å². The molecule has 23 heavy (non-hydrogen) atoms. The Hall–Kier alpha value is -2.14. The van der Waals surface area contributed by atoms with Gasteiger partial charge in [0.2, 0.25) is 0 Å². The van der Waals surface area contributed by atoms with Gasteiger partial charge in [0.15, 0.2) is 0 Å². The zero-order valence-corrected chi connectivity index (χ0v) is 13.2. The molecule has 2 aromatic rings. The normalized spacial score (nSPS) is 17.8. The second kappa shape index (κ2) is 6.96. The number of benzene rings is 1. The third-order valence-corrected chi connectivity index (χ3v) is 4.11. The number of carbonyl (C=O) groups excluding carboxylic acids is 1. The smallest absolute Gasteiger partial charge is 0.258 e. The molecule has 0 saturated carbocycles. The van der Waals surface area contributed by atoms with Crippen LogP contribution in [0.2, 0.25) is 5.02 Å². The van der Waals surface area contributed by atoms with E-state index in [1.165, 1.54) is 18.2 Å². The monoisotopic (exact) mass is 334 g/mol. The number of piperidine rings is 1. The van der Waals surface area contributed by atoms with Crippen LogP contribution in [0.15, 0.2) is 42.7 Å². The average Bonchev–Trinajstić information content (AvgIpc) is 2.56. The van der Waals surface area contributed by atoms with Gasteiger partial charge in [-0.2, -0.15) is 0 Å². The molecule has 1 aliphatic rings. The molecule has 3 rings (SSSR count). The highest BCUT2D eigenvalue weighted by Crippen LogP contribution is 2.24. The van der Waals surface area contributed by atoms with E-state index in [-0.39, 0.29) is 16.7 Å². The maximum absolute atomic E-state index is 13.9. The van der Waals surface area contributed by atoms with Crippen molar-refractivity contribution in [2.45, 2.75) is 18.9 Å². The molecule has 1 atom stereocenters. The number of amides is 1. The molecule has 4 nitrogen and oxygen atoms in total. The van der Waals surface area contributed by atoms with Gasteiger partial charge < -0.3 is 9.64 Å². The zero-order chi connectivity index (χ0) is 16.2. The molecule has 0 aliphatic carbocycles.